The van der Waals surface area contributed by atoms with Gasteiger partial charge in [-0.1, -0.05) is 32.6 Å². The van der Waals surface area contributed by atoms with E-state index in [4.69, 9.17) is 4.74 Å². The molecule has 2 heteroatoms. The van der Waals surface area contributed by atoms with Gasteiger partial charge in [-0.05, 0) is 50.0 Å². The number of benzene rings is 1. The van der Waals surface area contributed by atoms with Gasteiger partial charge in [0.2, 0.25) is 0 Å². The summed E-state index contributed by atoms with van der Waals surface area (Å²) < 4.78 is 5.73. The van der Waals surface area contributed by atoms with Gasteiger partial charge in [0.1, 0.15) is 12.4 Å². The first-order valence-electron chi connectivity index (χ1n) is 6.92. The molecule has 1 aromatic carbocycles. The molecular weight excluding hydrogens is 234 g/mol. The average molecular weight is 261 g/mol. The molecule has 106 valence electrons. The highest BCUT2D eigenvalue weighted by molar-refractivity contribution is 5.29. The molecule has 1 rings (SSSR count). The standard InChI is InChI=1S/C17H27NO/c1-13(2)15-7-9-16(10-8-15)19-12-14(3)11-18-17(4,5)6/h7-10,13,18H,3,11-12H2,1-2,4-6H3. The lowest BCUT2D eigenvalue weighted by molar-refractivity contribution is 0.341. The zero-order valence-electron chi connectivity index (χ0n) is 12.9. The summed E-state index contributed by atoms with van der Waals surface area (Å²) in [4.78, 5) is 0. The Kier molecular flexibility index (Phi) is 5.61. The van der Waals surface area contributed by atoms with Crippen LogP contribution in [0.1, 0.15) is 46.1 Å². The highest BCUT2D eigenvalue weighted by Gasteiger charge is 2.08. The molecule has 0 saturated heterocycles. The van der Waals surface area contributed by atoms with Crippen molar-refractivity contribution in [3.05, 3.63) is 42.0 Å². The van der Waals surface area contributed by atoms with Crippen LogP contribution in [-0.4, -0.2) is 18.7 Å². The van der Waals surface area contributed by atoms with E-state index < -0.39 is 0 Å². The lowest BCUT2D eigenvalue weighted by Crippen LogP contribution is -2.37. The van der Waals surface area contributed by atoms with Gasteiger partial charge < -0.3 is 10.1 Å². The maximum Gasteiger partial charge on any atom is 0.119 e. The van der Waals surface area contributed by atoms with Crippen molar-refractivity contribution in [1.29, 1.82) is 0 Å². The van der Waals surface area contributed by atoms with E-state index in [-0.39, 0.29) is 5.54 Å². The van der Waals surface area contributed by atoms with E-state index in [0.717, 1.165) is 17.9 Å². The molecule has 0 fully saturated rings. The molecule has 0 bridgehead atoms. The number of rotatable bonds is 6. The molecular formula is C17H27NO. The molecule has 0 atom stereocenters. The van der Waals surface area contributed by atoms with Crippen LogP contribution in [0.25, 0.3) is 0 Å². The van der Waals surface area contributed by atoms with Gasteiger partial charge >= 0.3 is 0 Å². The Labute approximate surface area is 117 Å². The van der Waals surface area contributed by atoms with Crippen LogP contribution in [-0.2, 0) is 0 Å². The van der Waals surface area contributed by atoms with Crippen molar-refractivity contribution < 1.29 is 4.74 Å². The molecule has 0 amide bonds. The summed E-state index contributed by atoms with van der Waals surface area (Å²) in [5.41, 5.74) is 2.51. The van der Waals surface area contributed by atoms with Crippen LogP contribution >= 0.6 is 0 Å². The van der Waals surface area contributed by atoms with Crippen LogP contribution in [0.15, 0.2) is 36.4 Å². The van der Waals surface area contributed by atoms with E-state index in [1.165, 1.54) is 5.56 Å². The topological polar surface area (TPSA) is 21.3 Å². The van der Waals surface area contributed by atoms with E-state index in [2.05, 4.69) is 58.6 Å². The van der Waals surface area contributed by atoms with Gasteiger partial charge in [-0.15, -0.1) is 0 Å². The number of hydrogen-bond donors (Lipinski definition) is 1. The van der Waals surface area contributed by atoms with Crippen LogP contribution in [0.3, 0.4) is 0 Å². The van der Waals surface area contributed by atoms with Crippen molar-refractivity contribution in [2.24, 2.45) is 0 Å². The quantitative estimate of drug-likeness (QED) is 0.777. The lowest BCUT2D eigenvalue weighted by atomic mass is 10.0. The van der Waals surface area contributed by atoms with Gasteiger partial charge in [0, 0.05) is 12.1 Å². The molecule has 1 N–H and O–H groups in total. The first-order chi connectivity index (χ1) is 8.78. The normalized spacial score (nSPS) is 11.7. The molecule has 0 aliphatic heterocycles. The van der Waals surface area contributed by atoms with Crippen molar-refractivity contribution in [2.75, 3.05) is 13.2 Å². The molecule has 0 aliphatic rings. The van der Waals surface area contributed by atoms with Crippen LogP contribution < -0.4 is 10.1 Å². The number of hydrogen-bond acceptors (Lipinski definition) is 2. The Balaban J connectivity index is 2.38. The Morgan fingerprint density at radius 1 is 1.21 bits per heavy atom. The van der Waals surface area contributed by atoms with Crippen molar-refractivity contribution in [3.8, 4) is 5.75 Å². The molecule has 1 aromatic rings. The summed E-state index contributed by atoms with van der Waals surface area (Å²) in [7, 11) is 0. The number of ether oxygens (including phenoxy) is 1. The van der Waals surface area contributed by atoms with Crippen molar-refractivity contribution >= 4 is 0 Å². The maximum atomic E-state index is 5.73. The highest BCUT2D eigenvalue weighted by atomic mass is 16.5. The van der Waals surface area contributed by atoms with E-state index in [9.17, 15) is 0 Å². The third-order valence-corrected chi connectivity index (χ3v) is 2.86. The Bertz CT molecular complexity index is 398. The molecule has 0 spiro atoms. The Morgan fingerprint density at radius 3 is 2.26 bits per heavy atom. The Morgan fingerprint density at radius 2 is 1.79 bits per heavy atom. The van der Waals surface area contributed by atoms with E-state index in [1.807, 2.05) is 12.1 Å². The fraction of sp³-hybridized carbons (Fsp3) is 0.529. The van der Waals surface area contributed by atoms with Gasteiger partial charge in [0.25, 0.3) is 0 Å². The second-order valence-corrected chi connectivity index (χ2v) is 6.37. The van der Waals surface area contributed by atoms with Crippen LogP contribution in [0.2, 0.25) is 0 Å². The van der Waals surface area contributed by atoms with Crippen LogP contribution in [0, 0.1) is 0 Å². The summed E-state index contributed by atoms with van der Waals surface area (Å²) >= 11 is 0. The minimum atomic E-state index is 0.113. The maximum absolute atomic E-state index is 5.73. The molecule has 0 unspecified atom stereocenters. The zero-order valence-corrected chi connectivity index (χ0v) is 12.9. The molecule has 0 radical (unpaired) electrons. The first-order valence-corrected chi connectivity index (χ1v) is 6.92. The predicted octanol–water partition coefficient (Wildman–Crippen LogP) is 4.13. The third kappa shape index (κ3) is 6.44. The molecule has 0 heterocycles. The van der Waals surface area contributed by atoms with Crippen LogP contribution in [0.4, 0.5) is 0 Å². The van der Waals surface area contributed by atoms with E-state index in [1.54, 1.807) is 0 Å². The van der Waals surface area contributed by atoms with Crippen LogP contribution in [0.5, 0.6) is 5.75 Å². The smallest absolute Gasteiger partial charge is 0.119 e. The summed E-state index contributed by atoms with van der Waals surface area (Å²) in [6, 6.07) is 8.30. The summed E-state index contributed by atoms with van der Waals surface area (Å²) in [6.45, 7) is 16.2. The first kappa shape index (κ1) is 15.8. The van der Waals surface area contributed by atoms with E-state index in [0.29, 0.717) is 12.5 Å². The van der Waals surface area contributed by atoms with Gasteiger partial charge in [-0.2, -0.15) is 0 Å². The summed E-state index contributed by atoms with van der Waals surface area (Å²) in [6.07, 6.45) is 0. The molecule has 0 aliphatic carbocycles. The van der Waals surface area contributed by atoms with Gasteiger partial charge in [-0.3, -0.25) is 0 Å². The molecule has 0 saturated carbocycles. The highest BCUT2D eigenvalue weighted by Crippen LogP contribution is 2.18. The summed E-state index contributed by atoms with van der Waals surface area (Å²) in [5, 5.41) is 3.40. The minimum Gasteiger partial charge on any atom is -0.489 e. The second kappa shape index (κ2) is 6.76. The molecule has 2 nitrogen and oxygen atoms in total. The van der Waals surface area contributed by atoms with Crippen molar-refractivity contribution in [3.63, 3.8) is 0 Å². The third-order valence-electron chi connectivity index (χ3n) is 2.86. The Hall–Kier alpha value is -1.28. The molecule has 19 heavy (non-hydrogen) atoms. The minimum absolute atomic E-state index is 0.113. The SMILES string of the molecule is C=C(CNC(C)(C)C)COc1ccc(C(C)C)cc1. The fourth-order valence-corrected chi connectivity index (χ4v) is 1.58. The molecule has 0 aromatic heterocycles. The predicted molar refractivity (Wildman–Crippen MR) is 82.9 cm³/mol. The largest absolute Gasteiger partial charge is 0.489 e. The van der Waals surface area contributed by atoms with Crippen molar-refractivity contribution in [2.45, 2.75) is 46.1 Å². The zero-order chi connectivity index (χ0) is 14.5. The average Bonchev–Trinajstić information content (AvgIpc) is 2.33. The van der Waals surface area contributed by atoms with Crippen molar-refractivity contribution in [1.82, 2.24) is 5.32 Å². The lowest BCUT2D eigenvalue weighted by Gasteiger charge is -2.21. The van der Waals surface area contributed by atoms with Gasteiger partial charge in [0.15, 0.2) is 0 Å². The van der Waals surface area contributed by atoms with Gasteiger partial charge in [-0.25, -0.2) is 0 Å². The van der Waals surface area contributed by atoms with E-state index >= 15 is 0 Å². The number of nitrogens with one attached hydrogen (secondary N) is 1. The van der Waals surface area contributed by atoms with Gasteiger partial charge in [0.05, 0.1) is 0 Å². The second-order valence-electron chi connectivity index (χ2n) is 6.37. The summed E-state index contributed by atoms with van der Waals surface area (Å²) in [5.74, 6) is 1.46. The fourth-order valence-electron chi connectivity index (χ4n) is 1.58. The monoisotopic (exact) mass is 261 g/mol.